The van der Waals surface area contributed by atoms with E-state index in [2.05, 4.69) is 15.0 Å². The number of carbonyl (C=O) groups excluding carboxylic acids is 2. The van der Waals surface area contributed by atoms with Gasteiger partial charge in [0.2, 0.25) is 0 Å². The largest absolute Gasteiger partial charge is 0.459 e. The second-order valence-electron chi connectivity index (χ2n) is 9.58. The van der Waals surface area contributed by atoms with E-state index in [1.165, 1.54) is 12.7 Å². The van der Waals surface area contributed by atoms with Gasteiger partial charge < -0.3 is 23.7 Å². The fourth-order valence-corrected chi connectivity index (χ4v) is 4.65. The third kappa shape index (κ3) is 6.38. The SMILES string of the molecule is COCCO[C@@H]1[C@H](OC(=O)c2ccc(C)cc2)[C@@H](COC(=O)c2ccc(C)cc2)O[C@H]1n1cnc2c(Cl)ncnc21. The van der Waals surface area contributed by atoms with Crippen LogP contribution in [0.3, 0.4) is 0 Å². The highest BCUT2D eigenvalue weighted by Crippen LogP contribution is 2.36. The van der Waals surface area contributed by atoms with Crippen LogP contribution in [0.5, 0.6) is 0 Å². The Kier molecular flexibility index (Phi) is 8.89. The number of halogens is 1. The van der Waals surface area contributed by atoms with Crippen molar-refractivity contribution in [1.29, 1.82) is 0 Å². The summed E-state index contributed by atoms with van der Waals surface area (Å²) < 4.78 is 31.0. The molecule has 0 unspecified atom stereocenters. The molecular weight excluding hydrogens is 552 g/mol. The molecule has 4 aromatic rings. The Hall–Kier alpha value is -3.90. The van der Waals surface area contributed by atoms with Crippen molar-refractivity contribution in [2.75, 3.05) is 26.9 Å². The van der Waals surface area contributed by atoms with Gasteiger partial charge in [-0.25, -0.2) is 24.5 Å². The Morgan fingerprint density at radius 1 is 0.902 bits per heavy atom. The van der Waals surface area contributed by atoms with Crippen LogP contribution in [-0.2, 0) is 23.7 Å². The van der Waals surface area contributed by atoms with Crippen LogP contribution < -0.4 is 0 Å². The Balaban J connectivity index is 1.46. The predicted octanol–water partition coefficient (Wildman–Crippen LogP) is 4.11. The van der Waals surface area contributed by atoms with Crippen LogP contribution >= 0.6 is 11.6 Å². The number of benzene rings is 2. The predicted molar refractivity (Wildman–Crippen MR) is 148 cm³/mol. The number of fused-ring (bicyclic) bond motifs is 1. The third-order valence-corrected chi connectivity index (χ3v) is 6.94. The van der Waals surface area contributed by atoms with E-state index in [1.54, 1.807) is 35.9 Å². The average molecular weight is 581 g/mol. The second-order valence-corrected chi connectivity index (χ2v) is 9.94. The third-order valence-electron chi connectivity index (χ3n) is 6.67. The first-order chi connectivity index (χ1) is 19.9. The summed E-state index contributed by atoms with van der Waals surface area (Å²) in [6.45, 7) is 4.11. The fourth-order valence-electron chi connectivity index (χ4n) is 4.48. The van der Waals surface area contributed by atoms with Gasteiger partial charge in [-0.3, -0.25) is 4.57 Å². The maximum Gasteiger partial charge on any atom is 0.338 e. The molecule has 0 spiro atoms. The van der Waals surface area contributed by atoms with Gasteiger partial charge in [0, 0.05) is 7.11 Å². The lowest BCUT2D eigenvalue weighted by atomic mass is 10.1. The Labute approximate surface area is 241 Å². The van der Waals surface area contributed by atoms with Crippen LogP contribution in [0.2, 0.25) is 5.15 Å². The molecule has 41 heavy (non-hydrogen) atoms. The maximum atomic E-state index is 13.3. The summed E-state index contributed by atoms with van der Waals surface area (Å²) in [6.07, 6.45) is -0.732. The summed E-state index contributed by atoms with van der Waals surface area (Å²) in [5.74, 6) is -1.11. The lowest BCUT2D eigenvalue weighted by Gasteiger charge is -2.25. The molecule has 0 amide bonds. The van der Waals surface area contributed by atoms with E-state index < -0.39 is 36.5 Å². The van der Waals surface area contributed by atoms with Crippen LogP contribution in [-0.4, -0.2) is 76.7 Å². The highest BCUT2D eigenvalue weighted by atomic mass is 35.5. The Morgan fingerprint density at radius 3 is 2.22 bits per heavy atom. The first-order valence-corrected chi connectivity index (χ1v) is 13.3. The number of rotatable bonds is 10. The van der Waals surface area contributed by atoms with E-state index >= 15 is 0 Å². The van der Waals surface area contributed by atoms with Crippen molar-refractivity contribution in [3.8, 4) is 0 Å². The number of aryl methyl sites for hydroxylation is 2. The molecule has 214 valence electrons. The topological polar surface area (TPSA) is 124 Å². The molecule has 2 aromatic carbocycles. The van der Waals surface area contributed by atoms with Crippen molar-refractivity contribution in [3.05, 3.63) is 88.6 Å². The maximum absolute atomic E-state index is 13.3. The summed E-state index contributed by atoms with van der Waals surface area (Å²) in [5.41, 5.74) is 3.53. The summed E-state index contributed by atoms with van der Waals surface area (Å²) >= 11 is 6.23. The molecule has 0 bridgehead atoms. The van der Waals surface area contributed by atoms with Gasteiger partial charge in [0.1, 0.15) is 30.7 Å². The summed E-state index contributed by atoms with van der Waals surface area (Å²) in [7, 11) is 1.55. The van der Waals surface area contributed by atoms with Crippen LogP contribution in [0.15, 0.2) is 61.2 Å². The smallest absolute Gasteiger partial charge is 0.338 e. The molecule has 0 aliphatic carbocycles. The number of esters is 2. The summed E-state index contributed by atoms with van der Waals surface area (Å²) in [6, 6.07) is 14.0. The molecule has 12 heteroatoms. The van der Waals surface area contributed by atoms with E-state index in [4.69, 9.17) is 35.3 Å². The molecule has 5 rings (SSSR count). The summed E-state index contributed by atoms with van der Waals surface area (Å²) in [5, 5.41) is 0.175. The number of hydrogen-bond acceptors (Lipinski definition) is 10. The van der Waals surface area contributed by atoms with E-state index in [-0.39, 0.29) is 25.0 Å². The lowest BCUT2D eigenvalue weighted by molar-refractivity contribution is -0.0805. The number of aromatic nitrogens is 4. The summed E-state index contributed by atoms with van der Waals surface area (Å²) in [4.78, 5) is 38.7. The molecule has 0 N–H and O–H groups in total. The van der Waals surface area contributed by atoms with Gasteiger partial charge in [-0.15, -0.1) is 0 Å². The molecule has 11 nitrogen and oxygen atoms in total. The molecule has 0 radical (unpaired) electrons. The van der Waals surface area contributed by atoms with Gasteiger partial charge in [0.15, 0.2) is 23.1 Å². The molecule has 4 atom stereocenters. The van der Waals surface area contributed by atoms with E-state index in [1.807, 2.05) is 38.1 Å². The van der Waals surface area contributed by atoms with Gasteiger partial charge >= 0.3 is 11.9 Å². The van der Waals surface area contributed by atoms with Crippen molar-refractivity contribution >= 4 is 34.7 Å². The molecule has 1 aliphatic heterocycles. The first-order valence-electron chi connectivity index (χ1n) is 13.0. The zero-order valence-corrected chi connectivity index (χ0v) is 23.5. The Bertz CT molecular complexity index is 1510. The van der Waals surface area contributed by atoms with E-state index in [0.29, 0.717) is 22.3 Å². The van der Waals surface area contributed by atoms with Gasteiger partial charge in [0.25, 0.3) is 0 Å². The quantitative estimate of drug-likeness (QED) is 0.154. The molecule has 1 aliphatic rings. The Morgan fingerprint density at radius 2 is 1.56 bits per heavy atom. The molecule has 2 aromatic heterocycles. The number of ether oxygens (including phenoxy) is 5. The van der Waals surface area contributed by atoms with E-state index in [0.717, 1.165) is 11.1 Å². The number of methoxy groups -OCH3 is 1. The van der Waals surface area contributed by atoms with Crippen molar-refractivity contribution in [1.82, 2.24) is 19.5 Å². The van der Waals surface area contributed by atoms with Crippen LogP contribution in [0, 0.1) is 13.8 Å². The van der Waals surface area contributed by atoms with Crippen LogP contribution in [0.1, 0.15) is 38.1 Å². The fraction of sp³-hybridized carbons (Fsp3) is 0.345. The molecule has 1 fully saturated rings. The monoisotopic (exact) mass is 580 g/mol. The van der Waals surface area contributed by atoms with Crippen molar-refractivity contribution in [3.63, 3.8) is 0 Å². The average Bonchev–Trinajstić information content (AvgIpc) is 3.55. The number of hydrogen-bond donors (Lipinski definition) is 0. The van der Waals surface area contributed by atoms with Crippen LogP contribution in [0.4, 0.5) is 0 Å². The lowest BCUT2D eigenvalue weighted by Crippen LogP contribution is -2.40. The second kappa shape index (κ2) is 12.7. The van der Waals surface area contributed by atoms with E-state index in [9.17, 15) is 9.59 Å². The van der Waals surface area contributed by atoms with Gasteiger partial charge in [-0.1, -0.05) is 47.0 Å². The normalized spacial score (nSPS) is 20.3. The minimum absolute atomic E-state index is 0.175. The van der Waals surface area contributed by atoms with Crippen molar-refractivity contribution in [2.24, 2.45) is 0 Å². The zero-order valence-electron chi connectivity index (χ0n) is 22.7. The molecule has 0 saturated carbocycles. The zero-order chi connectivity index (χ0) is 28.9. The van der Waals surface area contributed by atoms with Gasteiger partial charge in [-0.05, 0) is 38.1 Å². The number of carbonyl (C=O) groups is 2. The van der Waals surface area contributed by atoms with Crippen molar-refractivity contribution < 1.29 is 33.3 Å². The standard InChI is InChI=1S/C29H29ClN4O7/c1-17-4-8-19(9-5-17)28(35)39-14-21-23(41-29(36)20-10-6-18(2)7-11-20)24(38-13-12-37-3)27(40-21)34-16-33-22-25(30)31-15-32-26(22)34/h4-11,15-16,21,23-24,27H,12-14H2,1-3H3/t21-,23-,24-,27-/m1/s1. The number of nitrogens with zero attached hydrogens (tertiary/aromatic N) is 4. The van der Waals surface area contributed by atoms with Crippen molar-refractivity contribution in [2.45, 2.75) is 38.4 Å². The molecular formula is C29H29ClN4O7. The first kappa shape index (κ1) is 28.6. The van der Waals surface area contributed by atoms with Gasteiger partial charge in [-0.2, -0.15) is 0 Å². The minimum atomic E-state index is -0.966. The molecule has 1 saturated heterocycles. The van der Waals surface area contributed by atoms with Crippen LogP contribution in [0.25, 0.3) is 11.2 Å². The van der Waals surface area contributed by atoms with Gasteiger partial charge in [0.05, 0.1) is 30.7 Å². The number of imidazole rings is 1. The molecule has 3 heterocycles. The highest BCUT2D eigenvalue weighted by molar-refractivity contribution is 6.33. The minimum Gasteiger partial charge on any atom is -0.459 e. The highest BCUT2D eigenvalue weighted by Gasteiger charge is 2.50.